The Kier molecular flexibility index (Phi) is 4.19. The number of nitrogens with zero attached hydrogens (tertiary/aromatic N) is 1. The average molecular weight is 369 g/mol. The molecule has 0 saturated carbocycles. The van der Waals surface area contributed by atoms with Crippen molar-refractivity contribution >= 4 is 11.6 Å². The number of nitrogens with one attached hydrogen (secondary N) is 1. The highest BCUT2D eigenvalue weighted by Crippen LogP contribution is 2.42. The van der Waals surface area contributed by atoms with E-state index in [0.29, 0.717) is 6.04 Å². The first-order valence-corrected chi connectivity index (χ1v) is 10.0. The predicted octanol–water partition coefficient (Wildman–Crippen LogP) is 3.84. The number of rotatable bonds is 3. The van der Waals surface area contributed by atoms with Gasteiger partial charge in [-0.3, -0.25) is 4.90 Å². The normalized spacial score (nSPS) is 30.4. The molecule has 5 rings (SSSR count). The van der Waals surface area contributed by atoms with Gasteiger partial charge < -0.3 is 10.1 Å². The summed E-state index contributed by atoms with van der Waals surface area (Å²) in [4.78, 5) is 2.68. The maximum absolute atomic E-state index is 6.62. The van der Waals surface area contributed by atoms with Crippen LogP contribution in [-0.2, 0) is 6.42 Å². The summed E-state index contributed by atoms with van der Waals surface area (Å²) in [6, 6.07) is 15.1. The third-order valence-corrected chi connectivity index (χ3v) is 6.91. The van der Waals surface area contributed by atoms with Gasteiger partial charge in [0.1, 0.15) is 11.9 Å². The van der Waals surface area contributed by atoms with Gasteiger partial charge in [0.25, 0.3) is 0 Å². The summed E-state index contributed by atoms with van der Waals surface area (Å²) in [5.74, 6) is 2.50. The fourth-order valence-electron chi connectivity index (χ4n) is 5.01. The fraction of sp³-hybridized carbons (Fsp3) is 0.455. The summed E-state index contributed by atoms with van der Waals surface area (Å²) in [6.07, 6.45) is 1.16. The molecular weight excluding hydrogens is 344 g/mol. The molecule has 0 spiro atoms. The second kappa shape index (κ2) is 6.56. The van der Waals surface area contributed by atoms with Crippen LogP contribution in [0.4, 0.5) is 0 Å². The number of ether oxygens (including phenoxy) is 1. The summed E-state index contributed by atoms with van der Waals surface area (Å²) < 4.78 is 6.62. The Labute approximate surface area is 160 Å². The molecule has 136 valence electrons. The molecule has 4 atom stereocenters. The van der Waals surface area contributed by atoms with Gasteiger partial charge in [-0.15, -0.1) is 0 Å². The van der Waals surface area contributed by atoms with E-state index in [9.17, 15) is 0 Å². The molecule has 2 fully saturated rings. The number of halogens is 1. The minimum atomic E-state index is 0.0788. The summed E-state index contributed by atoms with van der Waals surface area (Å²) in [6.45, 7) is 6.74. The van der Waals surface area contributed by atoms with E-state index in [0.717, 1.165) is 34.6 Å². The van der Waals surface area contributed by atoms with E-state index in [1.54, 1.807) is 0 Å². The van der Waals surface area contributed by atoms with Gasteiger partial charge >= 0.3 is 0 Å². The Balaban J connectivity index is 1.46. The lowest BCUT2D eigenvalue weighted by Crippen LogP contribution is -2.40. The molecule has 3 nitrogen and oxygen atoms in total. The van der Waals surface area contributed by atoms with E-state index in [1.165, 1.54) is 37.3 Å². The van der Waals surface area contributed by atoms with Crippen LogP contribution in [0.3, 0.4) is 0 Å². The van der Waals surface area contributed by atoms with Crippen LogP contribution in [0, 0.1) is 18.8 Å². The zero-order valence-corrected chi connectivity index (χ0v) is 15.9. The quantitative estimate of drug-likeness (QED) is 0.890. The molecule has 2 aromatic carbocycles. The van der Waals surface area contributed by atoms with Crippen molar-refractivity contribution in [2.45, 2.75) is 25.5 Å². The van der Waals surface area contributed by atoms with Gasteiger partial charge in [0.15, 0.2) is 0 Å². The van der Waals surface area contributed by atoms with Crippen molar-refractivity contribution in [3.8, 4) is 5.75 Å². The van der Waals surface area contributed by atoms with Crippen molar-refractivity contribution in [3.63, 3.8) is 0 Å². The Morgan fingerprint density at radius 2 is 1.81 bits per heavy atom. The topological polar surface area (TPSA) is 24.5 Å². The SMILES string of the molecule is Cc1c(Cl)cccc1OC1c2ccccc2CC1N1CC2CNCC2C1. The highest BCUT2D eigenvalue weighted by atomic mass is 35.5. The standard InChI is InChI=1S/C22H25ClN2O/c1-14-19(23)7-4-8-21(14)26-22-18-6-3-2-5-15(18)9-20(22)25-12-16-10-24-11-17(16)13-25/h2-8,16-17,20,22,24H,9-13H2,1H3. The van der Waals surface area contributed by atoms with E-state index in [4.69, 9.17) is 16.3 Å². The molecule has 0 radical (unpaired) electrons. The average Bonchev–Trinajstić information content (AvgIpc) is 3.32. The number of likely N-dealkylation sites (tertiary alicyclic amines) is 1. The van der Waals surface area contributed by atoms with Crippen molar-refractivity contribution < 1.29 is 4.74 Å². The van der Waals surface area contributed by atoms with E-state index in [1.807, 2.05) is 25.1 Å². The lowest BCUT2D eigenvalue weighted by Gasteiger charge is -2.31. The van der Waals surface area contributed by atoms with Gasteiger partial charge in [0.05, 0.1) is 6.04 Å². The van der Waals surface area contributed by atoms with Crippen LogP contribution in [0.2, 0.25) is 5.02 Å². The monoisotopic (exact) mass is 368 g/mol. The molecule has 2 saturated heterocycles. The highest BCUT2D eigenvalue weighted by molar-refractivity contribution is 6.31. The van der Waals surface area contributed by atoms with Crippen LogP contribution in [0.1, 0.15) is 22.8 Å². The molecule has 1 N–H and O–H groups in total. The van der Waals surface area contributed by atoms with Crippen LogP contribution in [-0.4, -0.2) is 37.1 Å². The van der Waals surface area contributed by atoms with Crippen molar-refractivity contribution in [3.05, 3.63) is 64.2 Å². The maximum atomic E-state index is 6.62. The Morgan fingerprint density at radius 1 is 1.04 bits per heavy atom. The molecule has 2 heterocycles. The third kappa shape index (κ3) is 2.74. The molecule has 3 aliphatic rings. The molecule has 4 heteroatoms. The van der Waals surface area contributed by atoms with E-state index < -0.39 is 0 Å². The zero-order chi connectivity index (χ0) is 17.7. The largest absolute Gasteiger partial charge is 0.484 e. The third-order valence-electron chi connectivity index (χ3n) is 6.50. The number of benzene rings is 2. The summed E-state index contributed by atoms with van der Waals surface area (Å²) in [7, 11) is 0. The summed E-state index contributed by atoms with van der Waals surface area (Å²) >= 11 is 6.33. The van der Waals surface area contributed by atoms with E-state index in [2.05, 4.69) is 34.5 Å². The number of hydrogen-bond donors (Lipinski definition) is 1. The zero-order valence-electron chi connectivity index (χ0n) is 15.1. The molecule has 1 aliphatic carbocycles. The van der Waals surface area contributed by atoms with Crippen molar-refractivity contribution in [1.82, 2.24) is 10.2 Å². The molecule has 2 aliphatic heterocycles. The highest BCUT2D eigenvalue weighted by Gasteiger charge is 2.44. The first-order valence-electron chi connectivity index (χ1n) is 9.65. The molecule has 2 aromatic rings. The molecular formula is C22H25ClN2O. The Morgan fingerprint density at radius 3 is 2.62 bits per heavy atom. The maximum Gasteiger partial charge on any atom is 0.140 e. The van der Waals surface area contributed by atoms with Gasteiger partial charge in [-0.1, -0.05) is 41.9 Å². The summed E-state index contributed by atoms with van der Waals surface area (Å²) in [5.41, 5.74) is 3.80. The second-order valence-corrected chi connectivity index (χ2v) is 8.41. The smallest absolute Gasteiger partial charge is 0.140 e. The molecule has 0 bridgehead atoms. The lowest BCUT2D eigenvalue weighted by molar-refractivity contribution is 0.0885. The Bertz CT molecular complexity index is 812. The molecule has 0 amide bonds. The van der Waals surface area contributed by atoms with Crippen LogP contribution < -0.4 is 10.1 Å². The lowest BCUT2D eigenvalue weighted by atomic mass is 10.0. The van der Waals surface area contributed by atoms with Gasteiger partial charge in [-0.25, -0.2) is 0 Å². The number of hydrogen-bond acceptors (Lipinski definition) is 3. The van der Waals surface area contributed by atoms with Crippen LogP contribution in [0.25, 0.3) is 0 Å². The van der Waals surface area contributed by atoms with Crippen molar-refractivity contribution in [2.75, 3.05) is 26.2 Å². The van der Waals surface area contributed by atoms with Crippen LogP contribution >= 0.6 is 11.6 Å². The molecule has 4 unspecified atom stereocenters. The minimum Gasteiger partial charge on any atom is -0.484 e. The molecule has 26 heavy (non-hydrogen) atoms. The fourth-order valence-corrected chi connectivity index (χ4v) is 5.18. The van der Waals surface area contributed by atoms with E-state index >= 15 is 0 Å². The number of fused-ring (bicyclic) bond motifs is 2. The first kappa shape index (κ1) is 16.6. The van der Waals surface area contributed by atoms with Crippen molar-refractivity contribution in [1.29, 1.82) is 0 Å². The first-order chi connectivity index (χ1) is 12.7. The van der Waals surface area contributed by atoms with Crippen molar-refractivity contribution in [2.24, 2.45) is 11.8 Å². The van der Waals surface area contributed by atoms with Crippen LogP contribution in [0.15, 0.2) is 42.5 Å². The molecule has 0 aromatic heterocycles. The Hall–Kier alpha value is -1.55. The predicted molar refractivity (Wildman–Crippen MR) is 105 cm³/mol. The van der Waals surface area contributed by atoms with Gasteiger partial charge in [0.2, 0.25) is 0 Å². The van der Waals surface area contributed by atoms with E-state index in [-0.39, 0.29) is 6.10 Å². The summed E-state index contributed by atoms with van der Waals surface area (Å²) in [5, 5.41) is 4.32. The van der Waals surface area contributed by atoms with Gasteiger partial charge in [-0.2, -0.15) is 0 Å². The second-order valence-electron chi connectivity index (χ2n) is 8.00. The van der Waals surface area contributed by atoms with Crippen LogP contribution in [0.5, 0.6) is 5.75 Å². The van der Waals surface area contributed by atoms with Gasteiger partial charge in [0, 0.05) is 23.7 Å². The van der Waals surface area contributed by atoms with Gasteiger partial charge in [-0.05, 0) is 61.5 Å². The minimum absolute atomic E-state index is 0.0788.